The van der Waals surface area contributed by atoms with Gasteiger partial charge in [-0.15, -0.1) is 0 Å². The average Bonchev–Trinajstić information content (AvgIpc) is 2.68. The predicted molar refractivity (Wildman–Crippen MR) is 101 cm³/mol. The van der Waals surface area contributed by atoms with Crippen LogP contribution < -0.4 is 10.1 Å². The fourth-order valence-corrected chi connectivity index (χ4v) is 3.34. The van der Waals surface area contributed by atoms with Crippen molar-refractivity contribution in [2.75, 3.05) is 20.2 Å². The van der Waals surface area contributed by atoms with E-state index in [0.29, 0.717) is 47.8 Å². The van der Waals surface area contributed by atoms with Gasteiger partial charge in [0.2, 0.25) is 0 Å². The third kappa shape index (κ3) is 3.99. The molecular weight excluding hydrogens is 352 g/mol. The number of hydrogen-bond donors (Lipinski definition) is 1. The molecule has 1 heterocycles. The maximum absolute atomic E-state index is 12.6. The number of piperidine rings is 1. The molecule has 1 saturated heterocycles. The number of nitrogens with one attached hydrogen (secondary N) is 1. The molecule has 5 nitrogen and oxygen atoms in total. The van der Waals surface area contributed by atoms with Gasteiger partial charge in [-0.25, -0.2) is 0 Å². The summed E-state index contributed by atoms with van der Waals surface area (Å²) < 4.78 is 5.24. The molecule has 2 aromatic rings. The van der Waals surface area contributed by atoms with Crippen molar-refractivity contribution in [1.29, 1.82) is 0 Å². The first-order chi connectivity index (χ1) is 12.6. The summed E-state index contributed by atoms with van der Waals surface area (Å²) in [6.07, 6.45) is 1.41. The van der Waals surface area contributed by atoms with Crippen molar-refractivity contribution in [2.24, 2.45) is 0 Å². The topological polar surface area (TPSA) is 58.6 Å². The highest BCUT2D eigenvalue weighted by Crippen LogP contribution is 2.21. The Morgan fingerprint density at radius 2 is 1.65 bits per heavy atom. The minimum absolute atomic E-state index is 0.0303. The number of carbonyl (C=O) groups excluding carboxylic acids is 2. The van der Waals surface area contributed by atoms with Gasteiger partial charge in [0.25, 0.3) is 11.8 Å². The molecule has 0 unspecified atom stereocenters. The Morgan fingerprint density at radius 1 is 1.04 bits per heavy atom. The van der Waals surface area contributed by atoms with Crippen LogP contribution in [0.25, 0.3) is 0 Å². The van der Waals surface area contributed by atoms with Crippen LogP contribution in [0.5, 0.6) is 5.75 Å². The smallest absolute Gasteiger partial charge is 0.255 e. The normalized spacial score (nSPS) is 14.8. The second-order valence-electron chi connectivity index (χ2n) is 6.22. The highest BCUT2D eigenvalue weighted by atomic mass is 35.5. The molecule has 3 rings (SSSR count). The SMILES string of the molecule is COc1ccccc1C(=O)NC1CCN(C(=O)c2ccccc2Cl)CC1. The summed E-state index contributed by atoms with van der Waals surface area (Å²) in [5, 5.41) is 3.50. The third-order valence-corrected chi connectivity index (χ3v) is 4.90. The summed E-state index contributed by atoms with van der Waals surface area (Å²) in [6, 6.07) is 14.2. The Bertz CT molecular complexity index is 801. The fraction of sp³-hybridized carbons (Fsp3) is 0.300. The largest absolute Gasteiger partial charge is 0.496 e. The summed E-state index contributed by atoms with van der Waals surface area (Å²) in [7, 11) is 1.55. The lowest BCUT2D eigenvalue weighted by atomic mass is 10.0. The maximum Gasteiger partial charge on any atom is 0.255 e. The van der Waals surface area contributed by atoms with Crippen LogP contribution in [0.1, 0.15) is 33.6 Å². The van der Waals surface area contributed by atoms with Gasteiger partial charge in [-0.2, -0.15) is 0 Å². The molecule has 0 bridgehead atoms. The maximum atomic E-state index is 12.6. The van der Waals surface area contributed by atoms with Crippen LogP contribution in [0.4, 0.5) is 0 Å². The van der Waals surface area contributed by atoms with Crippen LogP contribution in [0.15, 0.2) is 48.5 Å². The number of amides is 2. The minimum Gasteiger partial charge on any atom is -0.496 e. The van der Waals surface area contributed by atoms with Crippen molar-refractivity contribution >= 4 is 23.4 Å². The van der Waals surface area contributed by atoms with E-state index >= 15 is 0 Å². The number of likely N-dealkylation sites (tertiary alicyclic amines) is 1. The Balaban J connectivity index is 1.58. The van der Waals surface area contributed by atoms with Crippen molar-refractivity contribution in [3.63, 3.8) is 0 Å². The standard InChI is InChI=1S/C20H21ClN2O3/c1-26-18-9-5-3-7-16(18)19(24)22-14-10-12-23(13-11-14)20(25)15-6-2-4-8-17(15)21/h2-9,14H,10-13H2,1H3,(H,22,24). The minimum atomic E-state index is -0.154. The molecular formula is C20H21ClN2O3. The fourth-order valence-electron chi connectivity index (χ4n) is 3.13. The molecule has 0 radical (unpaired) electrons. The zero-order valence-electron chi connectivity index (χ0n) is 14.6. The quantitative estimate of drug-likeness (QED) is 0.895. The molecule has 136 valence electrons. The lowest BCUT2D eigenvalue weighted by molar-refractivity contribution is 0.0698. The van der Waals surface area contributed by atoms with E-state index < -0.39 is 0 Å². The van der Waals surface area contributed by atoms with Crippen molar-refractivity contribution in [2.45, 2.75) is 18.9 Å². The summed E-state index contributed by atoms with van der Waals surface area (Å²) in [5.41, 5.74) is 1.04. The van der Waals surface area contributed by atoms with E-state index in [1.807, 2.05) is 12.1 Å². The molecule has 1 N–H and O–H groups in total. The molecule has 6 heteroatoms. The van der Waals surface area contributed by atoms with Crippen LogP contribution in [-0.4, -0.2) is 43.0 Å². The van der Waals surface area contributed by atoms with Gasteiger partial charge in [0.15, 0.2) is 0 Å². The second kappa shape index (κ2) is 8.23. The van der Waals surface area contributed by atoms with Crippen molar-refractivity contribution < 1.29 is 14.3 Å². The number of hydrogen-bond acceptors (Lipinski definition) is 3. The van der Waals surface area contributed by atoms with Gasteiger partial charge in [0.1, 0.15) is 5.75 Å². The number of para-hydroxylation sites is 1. The van der Waals surface area contributed by atoms with E-state index in [0.717, 1.165) is 0 Å². The summed E-state index contributed by atoms with van der Waals surface area (Å²) in [5.74, 6) is 0.333. The van der Waals surface area contributed by atoms with E-state index in [2.05, 4.69) is 5.32 Å². The number of rotatable bonds is 4. The molecule has 26 heavy (non-hydrogen) atoms. The van der Waals surface area contributed by atoms with Gasteiger partial charge >= 0.3 is 0 Å². The van der Waals surface area contributed by atoms with E-state index in [1.54, 1.807) is 48.4 Å². The summed E-state index contributed by atoms with van der Waals surface area (Å²) >= 11 is 6.12. The first-order valence-electron chi connectivity index (χ1n) is 8.58. The molecule has 1 fully saturated rings. The zero-order valence-corrected chi connectivity index (χ0v) is 15.3. The molecule has 1 aliphatic heterocycles. The van der Waals surface area contributed by atoms with E-state index in [-0.39, 0.29) is 17.9 Å². The van der Waals surface area contributed by atoms with Gasteiger partial charge in [-0.05, 0) is 37.1 Å². The van der Waals surface area contributed by atoms with Gasteiger partial charge < -0.3 is 15.0 Å². The number of nitrogens with zero attached hydrogens (tertiary/aromatic N) is 1. The molecule has 1 aliphatic rings. The summed E-state index contributed by atoms with van der Waals surface area (Å²) in [4.78, 5) is 26.9. The number of ether oxygens (including phenoxy) is 1. The lowest BCUT2D eigenvalue weighted by Gasteiger charge is -2.32. The molecule has 2 amide bonds. The van der Waals surface area contributed by atoms with Crippen LogP contribution in [0.3, 0.4) is 0 Å². The molecule has 0 spiro atoms. The van der Waals surface area contributed by atoms with E-state index in [1.165, 1.54) is 0 Å². The van der Waals surface area contributed by atoms with Crippen molar-refractivity contribution in [1.82, 2.24) is 10.2 Å². The predicted octanol–water partition coefficient (Wildman–Crippen LogP) is 3.38. The number of methoxy groups -OCH3 is 1. The molecule has 0 aromatic heterocycles. The van der Waals surface area contributed by atoms with Crippen molar-refractivity contribution in [3.05, 3.63) is 64.7 Å². The second-order valence-corrected chi connectivity index (χ2v) is 6.63. The Kier molecular flexibility index (Phi) is 5.78. The van der Waals surface area contributed by atoms with Crippen LogP contribution in [0, 0.1) is 0 Å². The van der Waals surface area contributed by atoms with Gasteiger partial charge in [-0.3, -0.25) is 9.59 Å². The first kappa shape index (κ1) is 18.3. The van der Waals surface area contributed by atoms with E-state index in [4.69, 9.17) is 16.3 Å². The van der Waals surface area contributed by atoms with Crippen LogP contribution in [-0.2, 0) is 0 Å². The molecule has 0 saturated carbocycles. The first-order valence-corrected chi connectivity index (χ1v) is 8.95. The van der Waals surface area contributed by atoms with Crippen LogP contribution >= 0.6 is 11.6 Å². The van der Waals surface area contributed by atoms with Crippen LogP contribution in [0.2, 0.25) is 5.02 Å². The zero-order chi connectivity index (χ0) is 18.5. The number of benzene rings is 2. The van der Waals surface area contributed by atoms with Gasteiger partial charge in [-0.1, -0.05) is 35.9 Å². The highest BCUT2D eigenvalue weighted by molar-refractivity contribution is 6.33. The highest BCUT2D eigenvalue weighted by Gasteiger charge is 2.26. The van der Waals surface area contributed by atoms with E-state index in [9.17, 15) is 9.59 Å². The third-order valence-electron chi connectivity index (χ3n) is 4.57. The Labute approximate surface area is 157 Å². The molecule has 0 atom stereocenters. The average molecular weight is 373 g/mol. The van der Waals surface area contributed by atoms with Gasteiger partial charge in [0, 0.05) is 19.1 Å². The molecule has 2 aromatic carbocycles. The Morgan fingerprint density at radius 3 is 2.31 bits per heavy atom. The number of halogens is 1. The summed E-state index contributed by atoms with van der Waals surface area (Å²) in [6.45, 7) is 1.17. The Hall–Kier alpha value is -2.53. The van der Waals surface area contributed by atoms with Crippen molar-refractivity contribution in [3.8, 4) is 5.75 Å². The lowest BCUT2D eigenvalue weighted by Crippen LogP contribution is -2.46. The van der Waals surface area contributed by atoms with Gasteiger partial charge in [0.05, 0.1) is 23.3 Å². The molecule has 0 aliphatic carbocycles. The number of carbonyl (C=O) groups is 2. The monoisotopic (exact) mass is 372 g/mol.